The van der Waals surface area contributed by atoms with E-state index in [-0.39, 0.29) is 44.5 Å². The fraction of sp³-hybridized carbons (Fsp3) is 0.438. The van der Waals surface area contributed by atoms with Crippen molar-refractivity contribution in [3.05, 3.63) is 34.3 Å². The molecule has 0 saturated carbocycles. The molecule has 0 aromatic heterocycles. The van der Waals surface area contributed by atoms with Gasteiger partial charge in [-0.05, 0) is 12.1 Å². The molecule has 0 saturated heterocycles. The van der Waals surface area contributed by atoms with Crippen LogP contribution in [0.4, 0.5) is 0 Å². The Kier molecular flexibility index (Phi) is 8.25. The number of allylic oxidation sites excluding steroid dienone is 1. The van der Waals surface area contributed by atoms with Gasteiger partial charge in [0.05, 0.1) is 6.61 Å². The number of benzene rings is 1. The number of hydrogen-bond donors (Lipinski definition) is 0. The number of nitrogens with zero attached hydrogens (tertiary/aromatic N) is 1. The van der Waals surface area contributed by atoms with Gasteiger partial charge in [0, 0.05) is 52.8 Å². The normalized spacial score (nSPS) is 17.8. The van der Waals surface area contributed by atoms with Crippen LogP contribution in [0.5, 0.6) is 5.75 Å². The number of ether oxygens (including phenoxy) is 2. The first kappa shape index (κ1) is 19.8. The molecule has 1 unspecified atom stereocenters. The van der Waals surface area contributed by atoms with E-state index in [4.69, 9.17) is 9.47 Å². The van der Waals surface area contributed by atoms with Gasteiger partial charge in [-0.1, -0.05) is 33.7 Å². The Bertz CT molecular complexity index is 562. The fourth-order valence-corrected chi connectivity index (χ4v) is 2.74. The smallest absolute Gasteiger partial charge is 0.225 e. The van der Waals surface area contributed by atoms with Crippen molar-refractivity contribution in [3.63, 3.8) is 0 Å². The molecule has 6 heteroatoms. The van der Waals surface area contributed by atoms with Crippen molar-refractivity contribution in [1.29, 1.82) is 0 Å². The Labute approximate surface area is 165 Å². The third kappa shape index (κ3) is 4.64. The summed E-state index contributed by atoms with van der Waals surface area (Å²) in [5.74, 6) is 0.881. The first-order valence-electron chi connectivity index (χ1n) is 6.84. The van der Waals surface area contributed by atoms with Crippen LogP contribution < -0.4 is 4.74 Å². The minimum Gasteiger partial charge on any atom is -0.491 e. The largest absolute Gasteiger partial charge is 0.491 e. The van der Waals surface area contributed by atoms with Crippen LogP contribution in [-0.4, -0.2) is 38.2 Å². The summed E-state index contributed by atoms with van der Waals surface area (Å²) in [6, 6.07) is 5.73. The average molecular weight is 442 g/mol. The molecule has 1 aliphatic rings. The number of rotatable bonds is 5. The summed E-state index contributed by atoms with van der Waals surface area (Å²) in [5, 5.41) is 0. The van der Waals surface area contributed by atoms with E-state index >= 15 is 0 Å². The maximum Gasteiger partial charge on any atom is 0.225 e. The number of carbonyl (C=O) groups is 1. The van der Waals surface area contributed by atoms with E-state index in [9.17, 15) is 4.79 Å². The molecule has 1 atom stereocenters. The minimum atomic E-state index is -0.00539. The van der Waals surface area contributed by atoms with Crippen LogP contribution in [0, 0.1) is 12.0 Å². The van der Waals surface area contributed by atoms with Crippen LogP contribution in [-0.2, 0) is 42.2 Å². The zero-order chi connectivity index (χ0) is 15.4. The summed E-state index contributed by atoms with van der Waals surface area (Å²) in [6.07, 6.45) is 3.96. The molecule has 1 aromatic carbocycles. The molecule has 0 bridgehead atoms. The first-order chi connectivity index (χ1) is 10.0. The molecule has 0 N–H and O–H groups in total. The summed E-state index contributed by atoms with van der Waals surface area (Å²) in [4.78, 5) is 13.7. The SMILES string of the molecule is COCCOc1ccc(C2=[C-]CC(C)C(=O)N2C)c(Br)c1.[Y]. The van der Waals surface area contributed by atoms with E-state index < -0.39 is 0 Å². The summed E-state index contributed by atoms with van der Waals surface area (Å²) >= 11 is 3.54. The van der Waals surface area contributed by atoms with Crippen molar-refractivity contribution in [2.75, 3.05) is 27.4 Å². The average Bonchev–Trinajstić information content (AvgIpc) is 2.46. The van der Waals surface area contributed by atoms with Crippen molar-refractivity contribution in [1.82, 2.24) is 4.90 Å². The van der Waals surface area contributed by atoms with Gasteiger partial charge in [-0.25, -0.2) is 6.08 Å². The minimum absolute atomic E-state index is 0. The van der Waals surface area contributed by atoms with Gasteiger partial charge >= 0.3 is 0 Å². The number of halogens is 1. The molecule has 1 aliphatic heterocycles. The number of carbonyl (C=O) groups excluding carboxylic acids is 1. The van der Waals surface area contributed by atoms with Crippen LogP contribution in [0.2, 0.25) is 0 Å². The Morgan fingerprint density at radius 1 is 1.41 bits per heavy atom. The van der Waals surface area contributed by atoms with Crippen LogP contribution in [0.25, 0.3) is 5.70 Å². The van der Waals surface area contributed by atoms with Crippen molar-refractivity contribution in [2.45, 2.75) is 13.3 Å². The van der Waals surface area contributed by atoms with Gasteiger partial charge in [0.2, 0.25) is 5.91 Å². The number of amides is 1. The predicted octanol–water partition coefficient (Wildman–Crippen LogP) is 3.11. The van der Waals surface area contributed by atoms with E-state index in [1.807, 2.05) is 25.1 Å². The fourth-order valence-electron chi connectivity index (χ4n) is 2.19. The summed E-state index contributed by atoms with van der Waals surface area (Å²) in [6.45, 7) is 2.98. The molecule has 4 nitrogen and oxygen atoms in total. The first-order valence-corrected chi connectivity index (χ1v) is 7.64. The van der Waals surface area contributed by atoms with Crippen LogP contribution in [0.3, 0.4) is 0 Å². The Hall–Kier alpha value is -0.226. The predicted molar refractivity (Wildman–Crippen MR) is 84.7 cm³/mol. The second-order valence-corrected chi connectivity index (χ2v) is 5.87. The molecule has 1 aromatic rings. The molecule has 1 radical (unpaired) electrons. The van der Waals surface area contributed by atoms with Crippen molar-refractivity contribution >= 4 is 27.5 Å². The van der Waals surface area contributed by atoms with Gasteiger partial charge in [0.15, 0.2) is 0 Å². The zero-order valence-corrected chi connectivity index (χ0v) is 17.5. The molecule has 1 heterocycles. The van der Waals surface area contributed by atoms with E-state index in [2.05, 4.69) is 22.0 Å². The van der Waals surface area contributed by atoms with Crippen LogP contribution in [0.1, 0.15) is 18.9 Å². The van der Waals surface area contributed by atoms with Crippen molar-refractivity contribution < 1.29 is 47.0 Å². The zero-order valence-electron chi connectivity index (χ0n) is 13.1. The molecule has 0 fully saturated rings. The van der Waals surface area contributed by atoms with Gasteiger partial charge in [0.25, 0.3) is 0 Å². The van der Waals surface area contributed by atoms with Gasteiger partial charge in [0.1, 0.15) is 12.4 Å². The Morgan fingerprint density at radius 3 is 2.77 bits per heavy atom. The molecule has 0 spiro atoms. The van der Waals surface area contributed by atoms with Crippen molar-refractivity contribution in [3.8, 4) is 5.75 Å². The molecule has 0 aliphatic carbocycles. The maximum atomic E-state index is 12.1. The maximum absolute atomic E-state index is 12.1. The standard InChI is InChI=1S/C16H19BrNO3.Y/c1-11-4-7-15(18(2)16(11)19)13-6-5-12(10-14(13)17)21-9-8-20-3;/h5-6,10-11H,4,8-9H2,1-3H3;/q-1;. The molecule has 22 heavy (non-hydrogen) atoms. The Morgan fingerprint density at radius 2 is 2.14 bits per heavy atom. The molecular formula is C16H19BrNO3Y-. The van der Waals surface area contributed by atoms with Crippen LogP contribution in [0.15, 0.2) is 22.7 Å². The van der Waals surface area contributed by atoms with Gasteiger partial charge in [-0.15, -0.1) is 17.3 Å². The molecular weight excluding hydrogens is 423 g/mol. The number of methoxy groups -OCH3 is 1. The number of hydrogen-bond acceptors (Lipinski definition) is 3. The summed E-state index contributed by atoms with van der Waals surface area (Å²) in [7, 11) is 3.43. The summed E-state index contributed by atoms with van der Waals surface area (Å²) in [5.41, 5.74) is 1.75. The van der Waals surface area contributed by atoms with Gasteiger partial charge < -0.3 is 14.4 Å². The Balaban J connectivity index is 0.00000242. The van der Waals surface area contributed by atoms with Gasteiger partial charge in [-0.3, -0.25) is 4.79 Å². The molecule has 117 valence electrons. The summed E-state index contributed by atoms with van der Waals surface area (Å²) < 4.78 is 11.4. The van der Waals surface area contributed by atoms with E-state index in [1.54, 1.807) is 19.1 Å². The van der Waals surface area contributed by atoms with Gasteiger partial charge in [-0.2, -0.15) is 0 Å². The third-order valence-corrected chi connectivity index (χ3v) is 4.07. The quantitative estimate of drug-likeness (QED) is 0.520. The van der Waals surface area contributed by atoms with Crippen LogP contribution >= 0.6 is 15.9 Å². The van der Waals surface area contributed by atoms with E-state index in [0.717, 1.165) is 21.5 Å². The van der Waals surface area contributed by atoms with Crippen molar-refractivity contribution in [2.24, 2.45) is 5.92 Å². The van der Waals surface area contributed by atoms with E-state index in [0.29, 0.717) is 19.6 Å². The second kappa shape index (κ2) is 9.16. The monoisotopic (exact) mass is 441 g/mol. The molecule has 2 rings (SSSR count). The molecule has 1 amide bonds. The second-order valence-electron chi connectivity index (χ2n) is 5.01. The third-order valence-electron chi connectivity index (χ3n) is 3.42. The topological polar surface area (TPSA) is 38.8 Å². The van der Waals surface area contributed by atoms with E-state index in [1.165, 1.54) is 0 Å².